The van der Waals surface area contributed by atoms with Crippen molar-refractivity contribution in [2.24, 2.45) is 5.92 Å². The Kier molecular flexibility index (Phi) is 3.28. The maximum atomic E-state index is 11.4. The lowest BCUT2D eigenvalue weighted by molar-refractivity contribution is -0.138. The third-order valence-electron chi connectivity index (χ3n) is 2.19. The summed E-state index contributed by atoms with van der Waals surface area (Å²) in [5.41, 5.74) is 0. The van der Waals surface area contributed by atoms with Gasteiger partial charge in [-0.25, -0.2) is 0 Å². The molecule has 0 aromatic carbocycles. The van der Waals surface area contributed by atoms with Gasteiger partial charge < -0.3 is 10.0 Å². The Morgan fingerprint density at radius 1 is 1.46 bits per heavy atom. The van der Waals surface area contributed by atoms with Crippen molar-refractivity contribution in [3.8, 4) is 0 Å². The zero-order valence-electron chi connectivity index (χ0n) is 7.82. The van der Waals surface area contributed by atoms with Gasteiger partial charge in [0.2, 0.25) is 5.91 Å². The highest BCUT2D eigenvalue weighted by molar-refractivity contribution is 5.80. The fraction of sp³-hybridized carbons (Fsp3) is 0.778. The molecule has 1 saturated carbocycles. The Labute approximate surface area is 77.5 Å². The van der Waals surface area contributed by atoms with Crippen LogP contribution >= 0.6 is 0 Å². The fourth-order valence-electron chi connectivity index (χ4n) is 1.22. The Hall–Kier alpha value is -1.06. The van der Waals surface area contributed by atoms with Gasteiger partial charge in [0.15, 0.2) is 0 Å². The Balaban J connectivity index is 2.12. The van der Waals surface area contributed by atoms with Crippen LogP contribution in [0.15, 0.2) is 0 Å². The monoisotopic (exact) mass is 185 g/mol. The van der Waals surface area contributed by atoms with Crippen molar-refractivity contribution in [1.82, 2.24) is 4.90 Å². The molecule has 0 saturated heterocycles. The second kappa shape index (κ2) is 4.25. The highest BCUT2D eigenvalue weighted by atomic mass is 16.4. The van der Waals surface area contributed by atoms with Crippen molar-refractivity contribution in [2.75, 3.05) is 13.6 Å². The summed E-state index contributed by atoms with van der Waals surface area (Å²) in [5.74, 6) is -0.396. The standard InChI is InChI=1S/C9H15NO3/c1-10(6-2-3-8(11)12)9(13)7-4-5-7/h7H,2-6H2,1H3,(H,11,12). The number of hydrogen-bond acceptors (Lipinski definition) is 2. The smallest absolute Gasteiger partial charge is 0.303 e. The van der Waals surface area contributed by atoms with E-state index in [0.29, 0.717) is 13.0 Å². The van der Waals surface area contributed by atoms with Crippen molar-refractivity contribution in [1.29, 1.82) is 0 Å². The molecule has 0 bridgehead atoms. The molecular formula is C9H15NO3. The summed E-state index contributed by atoms with van der Waals surface area (Å²) >= 11 is 0. The minimum Gasteiger partial charge on any atom is -0.481 e. The van der Waals surface area contributed by atoms with E-state index in [0.717, 1.165) is 12.8 Å². The minimum atomic E-state index is -0.799. The predicted molar refractivity (Wildman–Crippen MR) is 47.2 cm³/mol. The summed E-state index contributed by atoms with van der Waals surface area (Å²) in [7, 11) is 1.74. The van der Waals surface area contributed by atoms with Crippen molar-refractivity contribution in [2.45, 2.75) is 25.7 Å². The van der Waals surface area contributed by atoms with Crippen LogP contribution in [0.3, 0.4) is 0 Å². The number of rotatable bonds is 5. The van der Waals surface area contributed by atoms with Gasteiger partial charge in [-0.3, -0.25) is 9.59 Å². The molecular weight excluding hydrogens is 170 g/mol. The second-order valence-electron chi connectivity index (χ2n) is 3.53. The van der Waals surface area contributed by atoms with E-state index in [2.05, 4.69) is 0 Å². The zero-order chi connectivity index (χ0) is 9.84. The molecule has 4 heteroatoms. The molecule has 1 aliphatic rings. The molecule has 0 aromatic rings. The van der Waals surface area contributed by atoms with E-state index in [9.17, 15) is 9.59 Å². The van der Waals surface area contributed by atoms with Gasteiger partial charge >= 0.3 is 5.97 Å². The third-order valence-corrected chi connectivity index (χ3v) is 2.19. The number of hydrogen-bond donors (Lipinski definition) is 1. The van der Waals surface area contributed by atoms with Gasteiger partial charge in [-0.2, -0.15) is 0 Å². The topological polar surface area (TPSA) is 57.6 Å². The number of carbonyl (C=O) groups excluding carboxylic acids is 1. The largest absolute Gasteiger partial charge is 0.481 e. The molecule has 0 atom stereocenters. The van der Waals surface area contributed by atoms with Crippen LogP contribution in [0.1, 0.15) is 25.7 Å². The highest BCUT2D eigenvalue weighted by Crippen LogP contribution is 2.30. The number of aliphatic carboxylic acids is 1. The van der Waals surface area contributed by atoms with Crippen LogP contribution in [-0.4, -0.2) is 35.5 Å². The van der Waals surface area contributed by atoms with Crippen molar-refractivity contribution < 1.29 is 14.7 Å². The Morgan fingerprint density at radius 3 is 2.54 bits per heavy atom. The molecule has 0 aromatic heterocycles. The lowest BCUT2D eigenvalue weighted by Gasteiger charge is -2.15. The van der Waals surface area contributed by atoms with E-state index >= 15 is 0 Å². The van der Waals surface area contributed by atoms with Gasteiger partial charge in [-0.1, -0.05) is 0 Å². The summed E-state index contributed by atoms with van der Waals surface area (Å²) in [6, 6.07) is 0. The van der Waals surface area contributed by atoms with Crippen LogP contribution in [0.25, 0.3) is 0 Å². The highest BCUT2D eigenvalue weighted by Gasteiger charge is 2.31. The molecule has 0 aliphatic heterocycles. The molecule has 1 fully saturated rings. The SMILES string of the molecule is CN(CCCC(=O)O)C(=O)C1CC1. The molecule has 13 heavy (non-hydrogen) atoms. The molecule has 74 valence electrons. The molecule has 0 heterocycles. The van der Waals surface area contributed by atoms with Gasteiger partial charge in [0.1, 0.15) is 0 Å². The fourth-order valence-corrected chi connectivity index (χ4v) is 1.22. The third kappa shape index (κ3) is 3.44. The Morgan fingerprint density at radius 2 is 2.08 bits per heavy atom. The summed E-state index contributed by atoms with van der Waals surface area (Å²) < 4.78 is 0. The van der Waals surface area contributed by atoms with E-state index in [1.54, 1.807) is 11.9 Å². The lowest BCUT2D eigenvalue weighted by atomic mass is 10.3. The molecule has 0 radical (unpaired) electrons. The molecule has 0 spiro atoms. The van der Waals surface area contributed by atoms with Gasteiger partial charge in [0.25, 0.3) is 0 Å². The summed E-state index contributed by atoms with van der Waals surface area (Å²) in [6.45, 7) is 0.557. The first kappa shape index (κ1) is 10.0. The summed E-state index contributed by atoms with van der Waals surface area (Å²) in [4.78, 5) is 23.2. The molecule has 0 unspecified atom stereocenters. The van der Waals surface area contributed by atoms with E-state index in [-0.39, 0.29) is 18.2 Å². The van der Waals surface area contributed by atoms with E-state index in [1.165, 1.54) is 0 Å². The van der Waals surface area contributed by atoms with Crippen LogP contribution in [0.4, 0.5) is 0 Å². The van der Waals surface area contributed by atoms with Crippen LogP contribution in [0, 0.1) is 5.92 Å². The number of carboxylic acid groups (broad SMARTS) is 1. The maximum Gasteiger partial charge on any atom is 0.303 e. The predicted octanol–water partition coefficient (Wildman–Crippen LogP) is 0.720. The number of amides is 1. The van der Waals surface area contributed by atoms with Crippen molar-refractivity contribution >= 4 is 11.9 Å². The van der Waals surface area contributed by atoms with Crippen LogP contribution < -0.4 is 0 Å². The van der Waals surface area contributed by atoms with Gasteiger partial charge in [0.05, 0.1) is 0 Å². The minimum absolute atomic E-state index is 0.141. The number of carboxylic acids is 1. The van der Waals surface area contributed by atoms with E-state index in [1.807, 2.05) is 0 Å². The van der Waals surface area contributed by atoms with Gasteiger partial charge in [0, 0.05) is 25.9 Å². The maximum absolute atomic E-state index is 11.4. The Bertz CT molecular complexity index is 211. The van der Waals surface area contributed by atoms with Crippen LogP contribution in [0.2, 0.25) is 0 Å². The van der Waals surface area contributed by atoms with Gasteiger partial charge in [-0.15, -0.1) is 0 Å². The molecule has 1 amide bonds. The lowest BCUT2D eigenvalue weighted by Crippen LogP contribution is -2.29. The second-order valence-corrected chi connectivity index (χ2v) is 3.53. The van der Waals surface area contributed by atoms with Gasteiger partial charge in [-0.05, 0) is 19.3 Å². The molecule has 1 N–H and O–H groups in total. The average molecular weight is 185 g/mol. The normalized spacial score (nSPS) is 15.5. The quantitative estimate of drug-likeness (QED) is 0.686. The zero-order valence-corrected chi connectivity index (χ0v) is 7.82. The van der Waals surface area contributed by atoms with E-state index in [4.69, 9.17) is 5.11 Å². The molecule has 4 nitrogen and oxygen atoms in total. The molecule has 1 rings (SSSR count). The van der Waals surface area contributed by atoms with Crippen LogP contribution in [0.5, 0.6) is 0 Å². The summed E-state index contributed by atoms with van der Waals surface area (Å²) in [5, 5.41) is 8.38. The molecule has 1 aliphatic carbocycles. The van der Waals surface area contributed by atoms with Crippen molar-refractivity contribution in [3.05, 3.63) is 0 Å². The number of nitrogens with zero attached hydrogens (tertiary/aromatic N) is 1. The van der Waals surface area contributed by atoms with E-state index < -0.39 is 5.97 Å². The first-order chi connectivity index (χ1) is 6.11. The van der Waals surface area contributed by atoms with Crippen molar-refractivity contribution in [3.63, 3.8) is 0 Å². The summed E-state index contributed by atoms with van der Waals surface area (Å²) in [6.07, 6.45) is 2.69. The first-order valence-electron chi connectivity index (χ1n) is 4.58. The number of carbonyl (C=O) groups is 2. The van der Waals surface area contributed by atoms with Crippen LogP contribution in [-0.2, 0) is 9.59 Å². The first-order valence-corrected chi connectivity index (χ1v) is 4.58. The average Bonchev–Trinajstić information content (AvgIpc) is 2.84.